The highest BCUT2D eigenvalue weighted by atomic mass is 35.5. The summed E-state index contributed by atoms with van der Waals surface area (Å²) in [7, 11) is 0. The molecule has 0 fully saturated rings. The Bertz CT molecular complexity index is 888. The molecule has 1 heterocycles. The zero-order chi connectivity index (χ0) is 18.9. The number of aromatic nitrogens is 3. The molecule has 0 spiro atoms. The lowest BCUT2D eigenvalue weighted by atomic mass is 10.2. The van der Waals surface area contributed by atoms with Crippen molar-refractivity contribution in [3.05, 3.63) is 88.3 Å². The first-order valence-corrected chi connectivity index (χ1v) is 9.73. The number of hydroxylamine groups is 1. The maximum absolute atomic E-state index is 5.86. The molecule has 3 rings (SSSR count). The molecule has 0 radical (unpaired) electrons. The van der Waals surface area contributed by atoms with Gasteiger partial charge in [-0.3, -0.25) is 10.3 Å². The topological polar surface area (TPSA) is 59.9 Å². The highest BCUT2D eigenvalue weighted by Gasteiger charge is 2.04. The van der Waals surface area contributed by atoms with E-state index < -0.39 is 0 Å². The van der Waals surface area contributed by atoms with Crippen LogP contribution in [0.5, 0.6) is 0 Å². The van der Waals surface area contributed by atoms with Crippen LogP contribution in [-0.4, -0.2) is 15.2 Å². The minimum atomic E-state index is 0.431. The minimum absolute atomic E-state index is 0.431. The van der Waals surface area contributed by atoms with E-state index in [4.69, 9.17) is 16.4 Å². The van der Waals surface area contributed by atoms with Crippen LogP contribution in [0.2, 0.25) is 5.02 Å². The van der Waals surface area contributed by atoms with Crippen LogP contribution >= 0.6 is 23.4 Å². The Morgan fingerprint density at radius 1 is 1.04 bits per heavy atom. The van der Waals surface area contributed by atoms with E-state index in [1.54, 1.807) is 18.0 Å². The number of rotatable bonds is 8. The lowest BCUT2D eigenvalue weighted by Gasteiger charge is -2.04. The molecule has 1 N–H and O–H groups in total. The summed E-state index contributed by atoms with van der Waals surface area (Å²) in [6, 6.07) is 17.7. The Kier molecular flexibility index (Phi) is 7.21. The third-order valence-corrected chi connectivity index (χ3v) is 4.79. The molecule has 0 aliphatic rings. The molecular weight excluding hydrogens is 380 g/mol. The van der Waals surface area contributed by atoms with Gasteiger partial charge in [0.1, 0.15) is 0 Å². The summed E-state index contributed by atoms with van der Waals surface area (Å²) >= 11 is 7.42. The molecular formula is C20H19ClN4OS. The van der Waals surface area contributed by atoms with E-state index in [1.807, 2.05) is 55.5 Å². The summed E-state index contributed by atoms with van der Waals surface area (Å²) in [5.74, 6) is 0.803. The quantitative estimate of drug-likeness (QED) is 0.333. The fourth-order valence-corrected chi connectivity index (χ4v) is 3.06. The molecule has 27 heavy (non-hydrogen) atoms. The lowest BCUT2D eigenvalue weighted by molar-refractivity contribution is 0.0581. The first kappa shape index (κ1) is 19.4. The van der Waals surface area contributed by atoms with Crippen molar-refractivity contribution in [2.75, 3.05) is 0 Å². The molecule has 0 saturated carbocycles. The molecule has 7 heteroatoms. The number of halogens is 1. The normalized spacial score (nSPS) is 11.0. The summed E-state index contributed by atoms with van der Waals surface area (Å²) in [5.41, 5.74) is 6.56. The molecule has 5 nitrogen and oxygen atoms in total. The Morgan fingerprint density at radius 3 is 2.59 bits per heavy atom. The Balaban J connectivity index is 1.51. The molecule has 0 aliphatic heterocycles. The van der Waals surface area contributed by atoms with Gasteiger partial charge in [-0.05, 0) is 36.3 Å². The van der Waals surface area contributed by atoms with Gasteiger partial charge in [0, 0.05) is 17.0 Å². The van der Waals surface area contributed by atoms with Gasteiger partial charge in [-0.25, -0.2) is 4.98 Å². The highest BCUT2D eigenvalue weighted by Crippen LogP contribution is 2.19. The van der Waals surface area contributed by atoms with E-state index >= 15 is 0 Å². The predicted octanol–water partition coefficient (Wildman–Crippen LogP) is 4.82. The summed E-state index contributed by atoms with van der Waals surface area (Å²) < 4.78 is 0. The van der Waals surface area contributed by atoms with Gasteiger partial charge in [0.05, 0.1) is 18.0 Å². The van der Waals surface area contributed by atoms with Crippen LogP contribution in [0.4, 0.5) is 0 Å². The standard InChI is InChI=1S/C20H19ClN4OS/c1-15-19(11-12-22-26-13-16-7-9-18(21)10-8-16)23-20(25-24-15)27-14-17-5-3-2-4-6-17/h2-12,22H,13-14H2,1H3. The van der Waals surface area contributed by atoms with E-state index in [-0.39, 0.29) is 0 Å². The lowest BCUT2D eigenvalue weighted by Crippen LogP contribution is -2.06. The van der Waals surface area contributed by atoms with Crippen LogP contribution in [0.25, 0.3) is 6.08 Å². The largest absolute Gasteiger partial charge is 0.274 e. The Morgan fingerprint density at radius 2 is 1.81 bits per heavy atom. The van der Waals surface area contributed by atoms with Gasteiger partial charge in [0.15, 0.2) is 0 Å². The molecule has 0 atom stereocenters. The number of hydrogen-bond acceptors (Lipinski definition) is 6. The number of nitrogens with one attached hydrogen (secondary N) is 1. The molecule has 0 bridgehead atoms. The molecule has 0 amide bonds. The van der Waals surface area contributed by atoms with Crippen LogP contribution in [0.1, 0.15) is 22.5 Å². The van der Waals surface area contributed by atoms with Crippen molar-refractivity contribution < 1.29 is 4.84 Å². The summed E-state index contributed by atoms with van der Waals surface area (Å²) in [6.07, 6.45) is 3.51. The average Bonchev–Trinajstić information content (AvgIpc) is 2.70. The van der Waals surface area contributed by atoms with Crippen LogP contribution in [0.15, 0.2) is 66.0 Å². The van der Waals surface area contributed by atoms with Gasteiger partial charge in [-0.15, -0.1) is 5.10 Å². The van der Waals surface area contributed by atoms with Crippen LogP contribution < -0.4 is 5.48 Å². The second kappa shape index (κ2) is 10.1. The number of hydrogen-bond donors (Lipinski definition) is 1. The average molecular weight is 399 g/mol. The van der Waals surface area contributed by atoms with Crippen LogP contribution in [0.3, 0.4) is 0 Å². The molecule has 0 saturated heterocycles. The van der Waals surface area contributed by atoms with Crippen molar-refractivity contribution in [3.8, 4) is 0 Å². The Hall–Kier alpha value is -2.41. The molecule has 138 valence electrons. The van der Waals surface area contributed by atoms with Crippen molar-refractivity contribution in [2.24, 2.45) is 0 Å². The van der Waals surface area contributed by atoms with E-state index in [0.29, 0.717) is 16.8 Å². The zero-order valence-electron chi connectivity index (χ0n) is 14.8. The van der Waals surface area contributed by atoms with Crippen molar-refractivity contribution in [3.63, 3.8) is 0 Å². The number of aryl methyl sites for hydroxylation is 1. The molecule has 3 aromatic rings. The maximum Gasteiger partial charge on any atom is 0.209 e. The van der Waals surface area contributed by atoms with Crippen LogP contribution in [0, 0.1) is 6.92 Å². The molecule has 0 aliphatic carbocycles. The smallest absolute Gasteiger partial charge is 0.209 e. The third kappa shape index (κ3) is 6.36. The predicted molar refractivity (Wildman–Crippen MR) is 109 cm³/mol. The van der Waals surface area contributed by atoms with E-state index in [1.165, 1.54) is 5.56 Å². The fourth-order valence-electron chi connectivity index (χ4n) is 2.18. The SMILES string of the molecule is Cc1nnc(SCc2ccccc2)nc1C=CNOCc1ccc(Cl)cc1. The summed E-state index contributed by atoms with van der Waals surface area (Å²) in [4.78, 5) is 9.95. The van der Waals surface area contributed by atoms with Crippen molar-refractivity contribution in [1.29, 1.82) is 0 Å². The van der Waals surface area contributed by atoms with Gasteiger partial charge in [0.25, 0.3) is 0 Å². The Labute approximate surface area is 167 Å². The van der Waals surface area contributed by atoms with Gasteiger partial charge in [-0.2, -0.15) is 5.10 Å². The summed E-state index contributed by atoms with van der Waals surface area (Å²) in [6.45, 7) is 2.31. The van der Waals surface area contributed by atoms with E-state index in [2.05, 4.69) is 32.8 Å². The zero-order valence-corrected chi connectivity index (χ0v) is 16.4. The molecule has 2 aromatic carbocycles. The number of thioether (sulfide) groups is 1. The van der Waals surface area contributed by atoms with Gasteiger partial charge < -0.3 is 0 Å². The monoisotopic (exact) mass is 398 g/mol. The fraction of sp³-hybridized carbons (Fsp3) is 0.150. The van der Waals surface area contributed by atoms with Crippen LogP contribution in [-0.2, 0) is 17.2 Å². The summed E-state index contributed by atoms with van der Waals surface area (Å²) in [5, 5.41) is 9.68. The highest BCUT2D eigenvalue weighted by molar-refractivity contribution is 7.98. The van der Waals surface area contributed by atoms with Gasteiger partial charge >= 0.3 is 0 Å². The van der Waals surface area contributed by atoms with Gasteiger partial charge in [0.2, 0.25) is 5.16 Å². The van der Waals surface area contributed by atoms with Crippen molar-refractivity contribution in [1.82, 2.24) is 20.7 Å². The minimum Gasteiger partial charge on any atom is -0.274 e. The first-order valence-electron chi connectivity index (χ1n) is 8.37. The first-order chi connectivity index (χ1) is 13.2. The van der Waals surface area contributed by atoms with Crippen molar-refractivity contribution >= 4 is 29.4 Å². The second-order valence-corrected chi connectivity index (χ2v) is 7.08. The number of benzene rings is 2. The molecule has 0 unspecified atom stereocenters. The van der Waals surface area contributed by atoms with E-state index in [9.17, 15) is 0 Å². The second-order valence-electron chi connectivity index (χ2n) is 5.71. The third-order valence-electron chi connectivity index (χ3n) is 3.63. The van der Waals surface area contributed by atoms with Gasteiger partial charge in [-0.1, -0.05) is 65.8 Å². The molecule has 1 aromatic heterocycles. The number of nitrogens with zero attached hydrogens (tertiary/aromatic N) is 3. The van der Waals surface area contributed by atoms with Crippen molar-refractivity contribution in [2.45, 2.75) is 24.4 Å². The van der Waals surface area contributed by atoms with E-state index in [0.717, 1.165) is 22.7 Å². The maximum atomic E-state index is 5.86.